The Morgan fingerprint density at radius 3 is 2.82 bits per heavy atom. The van der Waals surface area contributed by atoms with Gasteiger partial charge in [-0.3, -0.25) is 9.78 Å². The first-order valence-electron chi connectivity index (χ1n) is 4.77. The third kappa shape index (κ3) is 3.36. The summed E-state index contributed by atoms with van der Waals surface area (Å²) in [5.41, 5.74) is -0.462. The van der Waals surface area contributed by atoms with Crippen molar-refractivity contribution in [3.63, 3.8) is 0 Å². The van der Waals surface area contributed by atoms with Crippen LogP contribution < -0.4 is 0 Å². The van der Waals surface area contributed by atoms with E-state index in [2.05, 4.69) is 25.7 Å². The number of halogens is 3. The van der Waals surface area contributed by atoms with Crippen molar-refractivity contribution in [2.45, 2.75) is 19.8 Å². The van der Waals surface area contributed by atoms with Crippen LogP contribution in [0.25, 0.3) is 0 Å². The monoisotopic (exact) mass is 309 g/mol. The van der Waals surface area contributed by atoms with Crippen LogP contribution in [0.1, 0.15) is 24.6 Å². The fourth-order valence-electron chi connectivity index (χ4n) is 1.21. The Labute approximate surface area is 105 Å². The predicted octanol–water partition coefficient (Wildman–Crippen LogP) is 2.59. The number of ether oxygens (including phenoxy) is 1. The maximum atomic E-state index is 12.6. The number of hydrogen-bond donors (Lipinski definition) is 1. The molecule has 0 saturated carbocycles. The number of carbonyl (C=O) groups excluding carboxylic acids is 1. The Hall–Kier alpha value is -1.24. The lowest BCUT2D eigenvalue weighted by Crippen LogP contribution is -2.10. The summed E-state index contributed by atoms with van der Waals surface area (Å²) in [6, 6.07) is 0. The number of aromatic nitrogens is 1. The van der Waals surface area contributed by atoms with Crippen LogP contribution in [0.3, 0.4) is 0 Å². The van der Waals surface area contributed by atoms with Gasteiger partial charge >= 0.3 is 5.97 Å². The van der Waals surface area contributed by atoms with Crippen LogP contribution in [0.2, 0.25) is 0 Å². The molecular weight excluding hydrogens is 300 g/mol. The van der Waals surface area contributed by atoms with E-state index in [-0.39, 0.29) is 23.2 Å². The second-order valence-corrected chi connectivity index (χ2v) is 3.89. The van der Waals surface area contributed by atoms with Crippen molar-refractivity contribution >= 4 is 21.9 Å². The Kier molecular flexibility index (Phi) is 4.80. The third-order valence-electron chi connectivity index (χ3n) is 1.94. The minimum absolute atomic E-state index is 0.0689. The van der Waals surface area contributed by atoms with Gasteiger partial charge in [0, 0.05) is 0 Å². The average molecular weight is 310 g/mol. The highest BCUT2D eigenvalue weighted by molar-refractivity contribution is 9.10. The maximum absolute atomic E-state index is 12.6. The zero-order valence-corrected chi connectivity index (χ0v) is 10.5. The van der Waals surface area contributed by atoms with Crippen molar-refractivity contribution in [2.75, 3.05) is 6.61 Å². The molecule has 0 atom stereocenters. The minimum Gasteiger partial charge on any atom is -0.506 e. The van der Waals surface area contributed by atoms with E-state index in [9.17, 15) is 18.7 Å². The van der Waals surface area contributed by atoms with Gasteiger partial charge < -0.3 is 9.84 Å². The van der Waals surface area contributed by atoms with E-state index in [4.69, 9.17) is 0 Å². The van der Waals surface area contributed by atoms with Gasteiger partial charge in [0.15, 0.2) is 0 Å². The van der Waals surface area contributed by atoms with Crippen LogP contribution in [-0.2, 0) is 16.0 Å². The van der Waals surface area contributed by atoms with Gasteiger partial charge in [0.2, 0.25) is 0 Å². The molecule has 0 radical (unpaired) electrons. The lowest BCUT2D eigenvalue weighted by atomic mass is 10.2. The molecule has 0 saturated heterocycles. The molecule has 0 amide bonds. The number of rotatable bonds is 4. The fourth-order valence-corrected chi connectivity index (χ4v) is 1.83. The Balaban J connectivity index is 3.02. The summed E-state index contributed by atoms with van der Waals surface area (Å²) >= 11 is 2.90. The average Bonchev–Trinajstić information content (AvgIpc) is 2.22. The molecule has 0 bridgehead atoms. The summed E-state index contributed by atoms with van der Waals surface area (Å²) < 4.78 is 29.9. The van der Waals surface area contributed by atoms with Crippen molar-refractivity contribution in [1.29, 1.82) is 0 Å². The van der Waals surface area contributed by atoms with E-state index in [1.807, 2.05) is 0 Å². The van der Waals surface area contributed by atoms with Crippen molar-refractivity contribution < 1.29 is 23.4 Å². The molecule has 1 heterocycles. The summed E-state index contributed by atoms with van der Waals surface area (Å²) in [4.78, 5) is 14.9. The molecule has 0 aliphatic rings. The largest absolute Gasteiger partial charge is 0.506 e. The lowest BCUT2D eigenvalue weighted by molar-refractivity contribution is -0.142. The molecule has 0 aromatic carbocycles. The van der Waals surface area contributed by atoms with Crippen LogP contribution in [0, 0.1) is 0 Å². The molecule has 0 aliphatic carbocycles. The van der Waals surface area contributed by atoms with Gasteiger partial charge in [-0.05, 0) is 22.9 Å². The molecule has 17 heavy (non-hydrogen) atoms. The second kappa shape index (κ2) is 5.90. The molecule has 1 aromatic heterocycles. The zero-order valence-electron chi connectivity index (χ0n) is 8.91. The van der Waals surface area contributed by atoms with Crippen LogP contribution >= 0.6 is 15.9 Å². The highest BCUT2D eigenvalue weighted by atomic mass is 79.9. The lowest BCUT2D eigenvalue weighted by Gasteiger charge is -2.09. The van der Waals surface area contributed by atoms with Crippen molar-refractivity contribution in [3.05, 3.63) is 21.9 Å². The molecular formula is C10H10BrF2NO3. The molecule has 1 rings (SSSR count). The third-order valence-corrected chi connectivity index (χ3v) is 2.83. The van der Waals surface area contributed by atoms with Gasteiger partial charge in [-0.15, -0.1) is 0 Å². The normalized spacial score (nSPS) is 10.6. The van der Waals surface area contributed by atoms with Gasteiger partial charge in [-0.25, -0.2) is 8.78 Å². The molecule has 0 unspecified atom stereocenters. The fraction of sp³-hybridized carbons (Fsp3) is 0.400. The zero-order chi connectivity index (χ0) is 13.0. The van der Waals surface area contributed by atoms with E-state index >= 15 is 0 Å². The number of pyridine rings is 1. The number of esters is 1. The van der Waals surface area contributed by atoms with Crippen molar-refractivity contribution in [3.8, 4) is 5.75 Å². The Morgan fingerprint density at radius 1 is 1.65 bits per heavy atom. The number of aromatic hydroxyl groups is 1. The standard InChI is InChI=1S/C10H10BrF2NO3/c1-2-17-7(16)3-5-9(11)8(10(12)13)6(15)4-14-5/h4,10,15H,2-3H2,1H3. The first-order chi connectivity index (χ1) is 7.97. The van der Waals surface area contributed by atoms with Crippen LogP contribution in [0.5, 0.6) is 5.75 Å². The summed E-state index contributed by atoms with van der Waals surface area (Å²) in [5, 5.41) is 9.24. The van der Waals surface area contributed by atoms with Crippen LogP contribution in [0.15, 0.2) is 10.7 Å². The highest BCUT2D eigenvalue weighted by Crippen LogP contribution is 2.35. The van der Waals surface area contributed by atoms with Gasteiger partial charge in [-0.2, -0.15) is 0 Å². The summed E-state index contributed by atoms with van der Waals surface area (Å²) in [7, 11) is 0. The van der Waals surface area contributed by atoms with E-state index in [1.54, 1.807) is 6.92 Å². The minimum atomic E-state index is -2.85. The molecule has 7 heteroatoms. The number of alkyl halides is 2. The second-order valence-electron chi connectivity index (χ2n) is 3.10. The SMILES string of the molecule is CCOC(=O)Cc1ncc(O)c(C(F)F)c1Br. The van der Waals surface area contributed by atoms with Gasteiger partial charge in [0.1, 0.15) is 5.75 Å². The summed E-state index contributed by atoms with van der Waals surface area (Å²) in [5.74, 6) is -1.17. The number of nitrogens with zero attached hydrogens (tertiary/aromatic N) is 1. The Morgan fingerprint density at radius 2 is 2.29 bits per heavy atom. The van der Waals surface area contributed by atoms with Crippen molar-refractivity contribution in [1.82, 2.24) is 4.98 Å². The maximum Gasteiger partial charge on any atom is 0.311 e. The number of carbonyl (C=O) groups is 1. The van der Waals surface area contributed by atoms with Crippen molar-refractivity contribution in [2.24, 2.45) is 0 Å². The predicted molar refractivity (Wildman–Crippen MR) is 58.9 cm³/mol. The smallest absolute Gasteiger partial charge is 0.311 e. The van der Waals surface area contributed by atoms with E-state index in [0.29, 0.717) is 0 Å². The summed E-state index contributed by atoms with van der Waals surface area (Å²) in [6.45, 7) is 1.85. The highest BCUT2D eigenvalue weighted by Gasteiger charge is 2.21. The molecule has 4 nitrogen and oxygen atoms in total. The van der Waals surface area contributed by atoms with Crippen LogP contribution in [0.4, 0.5) is 8.78 Å². The molecule has 0 fully saturated rings. The first-order valence-corrected chi connectivity index (χ1v) is 5.56. The molecule has 94 valence electrons. The quantitative estimate of drug-likeness (QED) is 0.869. The van der Waals surface area contributed by atoms with E-state index in [1.165, 1.54) is 0 Å². The van der Waals surface area contributed by atoms with Gasteiger partial charge in [0.25, 0.3) is 6.43 Å². The molecule has 1 N–H and O–H groups in total. The first kappa shape index (κ1) is 13.8. The van der Waals surface area contributed by atoms with Gasteiger partial charge in [-0.1, -0.05) is 0 Å². The molecule has 1 aromatic rings. The molecule has 0 aliphatic heterocycles. The van der Waals surface area contributed by atoms with E-state index < -0.39 is 23.7 Å². The van der Waals surface area contributed by atoms with Crippen LogP contribution in [-0.4, -0.2) is 22.7 Å². The Bertz CT molecular complexity index is 426. The van der Waals surface area contributed by atoms with Gasteiger partial charge in [0.05, 0.1) is 35.0 Å². The van der Waals surface area contributed by atoms with E-state index in [0.717, 1.165) is 6.20 Å². The topological polar surface area (TPSA) is 59.4 Å². The molecule has 0 spiro atoms. The number of hydrogen-bond acceptors (Lipinski definition) is 4. The summed E-state index contributed by atoms with van der Waals surface area (Å²) in [6.07, 6.45) is -2.19.